The largest absolute Gasteiger partial charge is 0.550 e. The number of benzene rings is 1. The summed E-state index contributed by atoms with van der Waals surface area (Å²) in [6, 6.07) is 4.87. The molecule has 0 fully saturated rings. The quantitative estimate of drug-likeness (QED) is 0.269. The molecule has 0 radical (unpaired) electrons. The number of hydrogen-bond acceptors (Lipinski definition) is 10. The van der Waals surface area contributed by atoms with E-state index in [-0.39, 0.29) is 23.6 Å². The molecule has 1 aromatic heterocycles. The summed E-state index contributed by atoms with van der Waals surface area (Å²) in [6.07, 6.45) is -0.772. The Morgan fingerprint density at radius 1 is 1.25 bits per heavy atom. The van der Waals surface area contributed by atoms with E-state index < -0.39 is 35.9 Å². The lowest BCUT2D eigenvalue weighted by atomic mass is 10.1. The summed E-state index contributed by atoms with van der Waals surface area (Å²) in [5.74, 6) is -3.07. The third-order valence-electron chi connectivity index (χ3n) is 4.53. The molecule has 1 amide bonds. The molecule has 168 valence electrons. The highest BCUT2D eigenvalue weighted by atomic mass is 16.4. The Balaban J connectivity index is 1.59. The van der Waals surface area contributed by atoms with Crippen molar-refractivity contribution in [3.8, 4) is 0 Å². The first-order valence-corrected chi connectivity index (χ1v) is 9.50. The van der Waals surface area contributed by atoms with E-state index in [9.17, 15) is 24.3 Å². The predicted octanol–water partition coefficient (Wildman–Crippen LogP) is -1.32. The number of H-pyrrole nitrogens is 1. The van der Waals surface area contributed by atoms with Crippen LogP contribution in [-0.4, -0.2) is 57.8 Å². The number of hydrogen-bond donors (Lipinski definition) is 6. The maximum Gasteiger partial charge on any atom is 0.326 e. The van der Waals surface area contributed by atoms with Crippen LogP contribution in [0, 0.1) is 0 Å². The number of amides is 1. The van der Waals surface area contributed by atoms with Crippen molar-refractivity contribution >= 4 is 46.7 Å². The molecule has 0 saturated heterocycles. The number of carbonyl (C=O) groups excluding carboxylic acids is 2. The molecule has 0 spiro atoms. The minimum Gasteiger partial charge on any atom is -0.550 e. The van der Waals surface area contributed by atoms with Gasteiger partial charge in [-0.1, -0.05) is 0 Å². The molecule has 0 saturated carbocycles. The summed E-state index contributed by atoms with van der Waals surface area (Å²) in [4.78, 5) is 56.6. The van der Waals surface area contributed by atoms with Gasteiger partial charge in [0.05, 0.1) is 18.8 Å². The molecule has 7 N–H and O–H groups in total. The smallest absolute Gasteiger partial charge is 0.326 e. The zero-order valence-corrected chi connectivity index (χ0v) is 16.7. The Bertz CT molecular complexity index is 1130. The number of rotatable bonds is 9. The molecule has 1 atom stereocenters. The van der Waals surface area contributed by atoms with Crippen LogP contribution in [0.15, 0.2) is 34.1 Å². The minimum atomic E-state index is -1.40. The first-order valence-electron chi connectivity index (χ1n) is 9.50. The third-order valence-corrected chi connectivity index (χ3v) is 4.53. The molecule has 0 bridgehead atoms. The Morgan fingerprint density at radius 2 is 1.97 bits per heavy atom. The molecule has 1 aromatic carbocycles. The van der Waals surface area contributed by atoms with E-state index in [1.807, 2.05) is 0 Å². The lowest BCUT2D eigenvalue weighted by molar-refractivity contribution is -0.305. The fraction of sp³-hybridized carbons (Fsp3) is 0.263. The molecule has 2 aromatic rings. The van der Waals surface area contributed by atoms with Crippen LogP contribution >= 0.6 is 0 Å². The number of aliphatic imine (C=N–C) groups is 1. The van der Waals surface area contributed by atoms with Gasteiger partial charge in [0.25, 0.3) is 11.5 Å². The molecule has 1 aliphatic rings. The highest BCUT2D eigenvalue weighted by molar-refractivity contribution is 5.98. The number of nitrogens with zero attached hydrogens (tertiary/aromatic N) is 2. The summed E-state index contributed by atoms with van der Waals surface area (Å²) >= 11 is 0. The number of anilines is 3. The fourth-order valence-corrected chi connectivity index (χ4v) is 2.90. The Morgan fingerprint density at radius 3 is 2.62 bits per heavy atom. The van der Waals surface area contributed by atoms with Crippen LogP contribution in [-0.2, 0) is 9.59 Å². The van der Waals surface area contributed by atoms with Crippen molar-refractivity contribution in [2.75, 3.05) is 29.5 Å². The molecular weight excluding hydrogens is 422 g/mol. The first kappa shape index (κ1) is 22.3. The zero-order valence-electron chi connectivity index (χ0n) is 16.7. The Labute approximate surface area is 180 Å². The van der Waals surface area contributed by atoms with E-state index in [2.05, 4.69) is 30.9 Å². The SMILES string of the molecule is Nc1nc2c(c(=O)[nH]1)N=C(CNc1ccc(C(=O)NC(CCC(=O)[O-])C(=O)O)cc1)CN2. The van der Waals surface area contributed by atoms with Gasteiger partial charge in [-0.25, -0.2) is 9.79 Å². The molecular formula is C19H20N7O6-. The van der Waals surface area contributed by atoms with Crippen molar-refractivity contribution in [3.05, 3.63) is 40.2 Å². The monoisotopic (exact) mass is 442 g/mol. The molecule has 32 heavy (non-hydrogen) atoms. The van der Waals surface area contributed by atoms with Gasteiger partial charge in [0.15, 0.2) is 11.5 Å². The van der Waals surface area contributed by atoms with Crippen molar-refractivity contribution in [1.29, 1.82) is 0 Å². The van der Waals surface area contributed by atoms with Crippen LogP contribution < -0.4 is 32.3 Å². The number of aromatic amines is 1. The first-order chi connectivity index (χ1) is 15.2. The van der Waals surface area contributed by atoms with Gasteiger partial charge in [0.1, 0.15) is 6.04 Å². The van der Waals surface area contributed by atoms with Gasteiger partial charge >= 0.3 is 5.97 Å². The van der Waals surface area contributed by atoms with E-state index in [1.165, 1.54) is 12.1 Å². The molecule has 1 unspecified atom stereocenters. The number of nitrogens with one attached hydrogen (secondary N) is 4. The van der Waals surface area contributed by atoms with E-state index in [0.29, 0.717) is 30.3 Å². The van der Waals surface area contributed by atoms with Crippen molar-refractivity contribution in [2.45, 2.75) is 18.9 Å². The van der Waals surface area contributed by atoms with Crippen LogP contribution in [0.2, 0.25) is 0 Å². The molecule has 2 heterocycles. The van der Waals surface area contributed by atoms with E-state index in [0.717, 1.165) is 0 Å². The lowest BCUT2D eigenvalue weighted by Crippen LogP contribution is -2.41. The molecule has 1 aliphatic heterocycles. The zero-order chi connectivity index (χ0) is 23.3. The number of carbonyl (C=O) groups is 3. The Kier molecular flexibility index (Phi) is 6.68. The standard InChI is InChI=1S/C19H21N7O6/c20-19-25-15-14(17(30)26-19)23-11(8-22-15)7-21-10-3-1-9(2-4-10)16(29)24-12(18(31)32)5-6-13(27)28/h1-4,12,21H,5-8H2,(H,24,29)(H,27,28)(H,31,32)(H4,20,22,25,26,30)/p-1. The van der Waals surface area contributed by atoms with Gasteiger partial charge < -0.3 is 36.7 Å². The summed E-state index contributed by atoms with van der Waals surface area (Å²) in [6.45, 7) is 0.672. The summed E-state index contributed by atoms with van der Waals surface area (Å²) in [5, 5.41) is 28.0. The second kappa shape index (κ2) is 9.59. The van der Waals surface area contributed by atoms with Gasteiger partial charge in [-0.05, 0) is 37.1 Å². The van der Waals surface area contributed by atoms with Crippen molar-refractivity contribution < 1.29 is 24.6 Å². The van der Waals surface area contributed by atoms with Crippen LogP contribution in [0.3, 0.4) is 0 Å². The number of carboxylic acids is 2. The van der Waals surface area contributed by atoms with Crippen molar-refractivity contribution in [1.82, 2.24) is 15.3 Å². The average molecular weight is 442 g/mol. The molecule has 13 nitrogen and oxygen atoms in total. The summed E-state index contributed by atoms with van der Waals surface area (Å²) in [7, 11) is 0. The minimum absolute atomic E-state index is 0.00396. The van der Waals surface area contributed by atoms with Crippen LogP contribution in [0.1, 0.15) is 23.2 Å². The Hall–Kier alpha value is -4.42. The number of carboxylic acid groups (broad SMARTS) is 2. The van der Waals surface area contributed by atoms with Gasteiger partial charge in [0, 0.05) is 17.2 Å². The highest BCUT2D eigenvalue weighted by Gasteiger charge is 2.20. The van der Waals surface area contributed by atoms with Crippen LogP contribution in [0.25, 0.3) is 0 Å². The van der Waals surface area contributed by atoms with Crippen molar-refractivity contribution in [2.24, 2.45) is 4.99 Å². The average Bonchev–Trinajstić information content (AvgIpc) is 2.75. The van der Waals surface area contributed by atoms with E-state index >= 15 is 0 Å². The number of nitrogen functional groups attached to an aromatic ring is 1. The van der Waals surface area contributed by atoms with Crippen LogP contribution in [0.5, 0.6) is 0 Å². The lowest BCUT2D eigenvalue weighted by Gasteiger charge is -2.17. The van der Waals surface area contributed by atoms with E-state index in [1.54, 1.807) is 12.1 Å². The number of nitrogens with two attached hydrogens (primary N) is 1. The van der Waals surface area contributed by atoms with Crippen molar-refractivity contribution in [3.63, 3.8) is 0 Å². The molecule has 0 aliphatic carbocycles. The summed E-state index contributed by atoms with van der Waals surface area (Å²) < 4.78 is 0. The van der Waals surface area contributed by atoms with Gasteiger partial charge in [-0.3, -0.25) is 14.6 Å². The number of aliphatic carboxylic acids is 2. The fourth-order valence-electron chi connectivity index (χ4n) is 2.90. The van der Waals surface area contributed by atoms with Gasteiger partial charge in [-0.2, -0.15) is 4.98 Å². The topological polar surface area (TPSA) is 215 Å². The highest BCUT2D eigenvalue weighted by Crippen LogP contribution is 2.21. The predicted molar refractivity (Wildman–Crippen MR) is 113 cm³/mol. The maximum atomic E-state index is 12.3. The van der Waals surface area contributed by atoms with Gasteiger partial charge in [0.2, 0.25) is 5.95 Å². The number of fused-ring (bicyclic) bond motifs is 1. The normalized spacial score (nSPS) is 13.2. The summed E-state index contributed by atoms with van der Waals surface area (Å²) in [5.41, 5.74) is 6.70. The molecule has 3 rings (SSSR count). The second-order valence-electron chi connectivity index (χ2n) is 6.89. The number of aromatic nitrogens is 2. The van der Waals surface area contributed by atoms with E-state index in [4.69, 9.17) is 10.8 Å². The third kappa shape index (κ3) is 5.59. The van der Waals surface area contributed by atoms with Gasteiger partial charge in [-0.15, -0.1) is 0 Å². The van der Waals surface area contributed by atoms with Crippen LogP contribution in [0.4, 0.5) is 23.1 Å². The maximum absolute atomic E-state index is 12.3. The second-order valence-corrected chi connectivity index (χ2v) is 6.89. The molecule has 13 heteroatoms.